The van der Waals surface area contributed by atoms with Gasteiger partial charge in [-0.15, -0.1) is 0 Å². The lowest BCUT2D eigenvalue weighted by atomic mass is 9.82. The molecule has 7 heteroatoms. The molecule has 1 aliphatic carbocycles. The molecule has 0 aliphatic heterocycles. The lowest BCUT2D eigenvalue weighted by Crippen LogP contribution is -2.17. The minimum absolute atomic E-state index is 0.00447. The average molecular weight is 511 g/mol. The molecule has 0 bridgehead atoms. The zero-order chi connectivity index (χ0) is 26.6. The predicted octanol–water partition coefficient (Wildman–Crippen LogP) is 7.13. The van der Waals surface area contributed by atoms with Crippen LogP contribution in [0.1, 0.15) is 53.8 Å². The van der Waals surface area contributed by atoms with Crippen molar-refractivity contribution in [3.63, 3.8) is 0 Å². The van der Waals surface area contributed by atoms with Gasteiger partial charge in [0.05, 0.1) is 6.42 Å². The number of aromatic nitrogens is 1. The van der Waals surface area contributed by atoms with Crippen molar-refractivity contribution in [2.45, 2.75) is 52.1 Å². The summed E-state index contributed by atoms with van der Waals surface area (Å²) < 4.78 is 11.4. The molecular weight excluding hydrogens is 480 g/mol. The SMILES string of the molecule is Cc1noc(-c2ccc(-c3ccc(CC(=O)O)cc3)c3c2CCCC3)c1NC(=O)OC(C)c1ccccc1. The van der Waals surface area contributed by atoms with Crippen LogP contribution < -0.4 is 5.32 Å². The van der Waals surface area contributed by atoms with E-state index in [4.69, 9.17) is 14.4 Å². The topological polar surface area (TPSA) is 102 Å². The molecule has 5 rings (SSSR count). The third kappa shape index (κ3) is 5.32. The molecule has 194 valence electrons. The summed E-state index contributed by atoms with van der Waals surface area (Å²) in [5, 5.41) is 16.1. The van der Waals surface area contributed by atoms with Gasteiger partial charge in [-0.1, -0.05) is 71.9 Å². The van der Waals surface area contributed by atoms with Gasteiger partial charge in [0, 0.05) is 5.56 Å². The van der Waals surface area contributed by atoms with Gasteiger partial charge in [-0.2, -0.15) is 0 Å². The second kappa shape index (κ2) is 10.9. The number of ether oxygens (including phenoxy) is 1. The van der Waals surface area contributed by atoms with Crippen LogP contribution in [0.5, 0.6) is 0 Å². The van der Waals surface area contributed by atoms with E-state index in [1.807, 2.05) is 67.6 Å². The zero-order valence-corrected chi connectivity index (χ0v) is 21.5. The number of rotatable bonds is 7. The third-order valence-corrected chi connectivity index (χ3v) is 7.04. The fraction of sp³-hybridized carbons (Fsp3) is 0.258. The number of nitrogens with one attached hydrogen (secondary N) is 1. The minimum atomic E-state index is -0.843. The highest BCUT2D eigenvalue weighted by atomic mass is 16.6. The van der Waals surface area contributed by atoms with E-state index in [0.717, 1.165) is 53.5 Å². The quantitative estimate of drug-likeness (QED) is 0.274. The van der Waals surface area contributed by atoms with Crippen LogP contribution in [0.15, 0.2) is 71.3 Å². The molecule has 1 aromatic heterocycles. The minimum Gasteiger partial charge on any atom is -0.481 e. The van der Waals surface area contributed by atoms with Crippen molar-refractivity contribution in [3.05, 3.63) is 94.7 Å². The van der Waals surface area contributed by atoms with E-state index in [-0.39, 0.29) is 6.42 Å². The molecular formula is C31H30N2O5. The summed E-state index contributed by atoms with van der Waals surface area (Å²) in [5.41, 5.74) is 8.30. The molecule has 1 aliphatic rings. The molecule has 2 N–H and O–H groups in total. The number of nitrogens with zero attached hydrogens (tertiary/aromatic N) is 1. The first kappa shape index (κ1) is 25.3. The molecule has 0 fully saturated rings. The Morgan fingerprint density at radius 3 is 2.32 bits per heavy atom. The van der Waals surface area contributed by atoms with Crippen LogP contribution in [0.2, 0.25) is 0 Å². The standard InChI is InChI=1S/C31H30N2O5/c1-19-29(32-31(36)37-20(2)22-8-4-3-5-9-22)30(38-33-19)27-17-16-24(25-10-6-7-11-26(25)27)23-14-12-21(13-15-23)18-28(34)35/h3-5,8-9,12-17,20H,6-7,10-11,18H2,1-2H3,(H,32,36)(H,34,35). The number of hydrogen-bond acceptors (Lipinski definition) is 5. The fourth-order valence-corrected chi connectivity index (χ4v) is 5.11. The van der Waals surface area contributed by atoms with E-state index in [9.17, 15) is 9.59 Å². The second-order valence-corrected chi connectivity index (χ2v) is 9.65. The summed E-state index contributed by atoms with van der Waals surface area (Å²) in [6, 6.07) is 21.4. The normalized spacial score (nSPS) is 13.4. The summed E-state index contributed by atoms with van der Waals surface area (Å²) in [7, 11) is 0. The number of carbonyl (C=O) groups is 2. The summed E-state index contributed by atoms with van der Waals surface area (Å²) in [4.78, 5) is 23.9. The Bertz CT molecular complexity index is 1460. The Morgan fingerprint density at radius 1 is 0.974 bits per heavy atom. The van der Waals surface area contributed by atoms with Gasteiger partial charge in [0.25, 0.3) is 0 Å². The van der Waals surface area contributed by atoms with Crippen LogP contribution >= 0.6 is 0 Å². The van der Waals surface area contributed by atoms with Crippen LogP contribution in [0.25, 0.3) is 22.5 Å². The van der Waals surface area contributed by atoms with Crippen molar-refractivity contribution in [1.29, 1.82) is 0 Å². The fourth-order valence-electron chi connectivity index (χ4n) is 5.11. The van der Waals surface area contributed by atoms with Gasteiger partial charge in [-0.05, 0) is 72.9 Å². The molecule has 0 saturated heterocycles. The smallest absolute Gasteiger partial charge is 0.412 e. The highest BCUT2D eigenvalue weighted by Gasteiger charge is 2.25. The number of hydrogen-bond donors (Lipinski definition) is 2. The summed E-state index contributed by atoms with van der Waals surface area (Å²) in [6.07, 6.45) is 3.00. The Balaban J connectivity index is 1.44. The maximum Gasteiger partial charge on any atom is 0.412 e. The highest BCUT2D eigenvalue weighted by Crippen LogP contribution is 2.41. The predicted molar refractivity (Wildman–Crippen MR) is 145 cm³/mol. The van der Waals surface area contributed by atoms with Gasteiger partial charge in [0.1, 0.15) is 17.5 Å². The number of carboxylic acids is 1. The molecule has 7 nitrogen and oxygen atoms in total. The van der Waals surface area contributed by atoms with Crippen molar-refractivity contribution in [1.82, 2.24) is 5.16 Å². The Labute approximate surface area is 221 Å². The first-order chi connectivity index (χ1) is 18.4. The van der Waals surface area contributed by atoms with E-state index in [1.54, 1.807) is 6.92 Å². The number of carbonyl (C=O) groups excluding carboxylic acids is 1. The molecule has 4 aromatic rings. The molecule has 1 unspecified atom stereocenters. The van der Waals surface area contributed by atoms with E-state index in [0.29, 0.717) is 17.1 Å². The molecule has 0 spiro atoms. The van der Waals surface area contributed by atoms with E-state index in [2.05, 4.69) is 16.5 Å². The van der Waals surface area contributed by atoms with Gasteiger partial charge in [-0.25, -0.2) is 4.79 Å². The van der Waals surface area contributed by atoms with Crippen LogP contribution in [0.3, 0.4) is 0 Å². The molecule has 0 saturated carbocycles. The van der Waals surface area contributed by atoms with Crippen LogP contribution in [-0.4, -0.2) is 22.3 Å². The van der Waals surface area contributed by atoms with Crippen molar-refractivity contribution in [2.75, 3.05) is 5.32 Å². The van der Waals surface area contributed by atoms with Crippen LogP contribution in [0.4, 0.5) is 10.5 Å². The Kier molecular flexibility index (Phi) is 7.26. The largest absolute Gasteiger partial charge is 0.481 e. The van der Waals surface area contributed by atoms with E-state index >= 15 is 0 Å². The number of anilines is 1. The second-order valence-electron chi connectivity index (χ2n) is 9.65. The van der Waals surface area contributed by atoms with Crippen LogP contribution in [-0.2, 0) is 28.8 Å². The zero-order valence-electron chi connectivity index (χ0n) is 21.5. The lowest BCUT2D eigenvalue weighted by molar-refractivity contribution is -0.136. The first-order valence-electron chi connectivity index (χ1n) is 12.9. The van der Waals surface area contributed by atoms with Crippen LogP contribution in [0, 0.1) is 6.92 Å². The third-order valence-electron chi connectivity index (χ3n) is 7.04. The lowest BCUT2D eigenvalue weighted by Gasteiger charge is -2.23. The number of carboxylic acid groups (broad SMARTS) is 1. The summed E-state index contributed by atoms with van der Waals surface area (Å²) in [5.74, 6) is -0.321. The summed E-state index contributed by atoms with van der Waals surface area (Å²) >= 11 is 0. The van der Waals surface area contributed by atoms with Gasteiger partial charge in [0.2, 0.25) is 0 Å². The molecule has 3 aromatic carbocycles. The molecule has 1 atom stereocenters. The number of aryl methyl sites for hydroxylation is 1. The Morgan fingerprint density at radius 2 is 1.63 bits per heavy atom. The average Bonchev–Trinajstić information content (AvgIpc) is 3.28. The maximum atomic E-state index is 12.8. The van der Waals surface area contributed by atoms with Gasteiger partial charge < -0.3 is 14.4 Å². The first-order valence-corrected chi connectivity index (χ1v) is 12.9. The maximum absolute atomic E-state index is 12.8. The van der Waals surface area contributed by atoms with Gasteiger partial charge in [-0.3, -0.25) is 10.1 Å². The van der Waals surface area contributed by atoms with Gasteiger partial charge >= 0.3 is 12.1 Å². The van der Waals surface area contributed by atoms with Crippen molar-refractivity contribution < 1.29 is 24.0 Å². The molecule has 1 heterocycles. The molecule has 38 heavy (non-hydrogen) atoms. The molecule has 0 radical (unpaired) electrons. The van der Waals surface area contributed by atoms with Crippen molar-refractivity contribution in [2.24, 2.45) is 0 Å². The van der Waals surface area contributed by atoms with E-state index < -0.39 is 18.2 Å². The number of fused-ring (bicyclic) bond motifs is 1. The number of benzene rings is 3. The van der Waals surface area contributed by atoms with Crippen molar-refractivity contribution in [3.8, 4) is 22.5 Å². The molecule has 1 amide bonds. The number of aliphatic carboxylic acids is 1. The highest BCUT2D eigenvalue weighted by molar-refractivity contribution is 5.92. The van der Waals surface area contributed by atoms with Crippen molar-refractivity contribution >= 4 is 17.7 Å². The number of amides is 1. The van der Waals surface area contributed by atoms with Gasteiger partial charge in [0.15, 0.2) is 5.76 Å². The summed E-state index contributed by atoms with van der Waals surface area (Å²) in [6.45, 7) is 3.63. The van der Waals surface area contributed by atoms with E-state index in [1.165, 1.54) is 11.1 Å². The Hall–Kier alpha value is -4.39. The monoisotopic (exact) mass is 510 g/mol.